The number of aromatic hydroxyl groups is 2. The third kappa shape index (κ3) is 7.77. The quantitative estimate of drug-likeness (QED) is 0.0855. The van der Waals surface area contributed by atoms with Gasteiger partial charge in [-0.3, -0.25) is 5.32 Å². The number of nitriles is 1. The Kier molecular flexibility index (Phi) is 10.7. The van der Waals surface area contributed by atoms with E-state index in [2.05, 4.69) is 26.0 Å². The first-order valence-electron chi connectivity index (χ1n) is 14.3. The van der Waals surface area contributed by atoms with Crippen molar-refractivity contribution in [2.24, 2.45) is 10.2 Å². The number of amides is 1. The van der Waals surface area contributed by atoms with Crippen LogP contribution in [0.4, 0.5) is 33.4 Å². The summed E-state index contributed by atoms with van der Waals surface area (Å²) in [4.78, 5) is 11.9. The number of carbonyl (C=O) groups is 1. The maximum atomic E-state index is 11.9. The highest BCUT2D eigenvalue weighted by molar-refractivity contribution is 6.36. The van der Waals surface area contributed by atoms with E-state index in [0.717, 1.165) is 0 Å². The van der Waals surface area contributed by atoms with E-state index >= 15 is 0 Å². The molecule has 5 aromatic rings. The van der Waals surface area contributed by atoms with Crippen molar-refractivity contribution in [2.75, 3.05) is 17.2 Å². The molecule has 5 rings (SSSR count). The molecule has 49 heavy (non-hydrogen) atoms. The Labute approximate surface area is 300 Å². The van der Waals surface area contributed by atoms with Crippen LogP contribution in [0.25, 0.3) is 5.69 Å². The number of azo groups is 1. The predicted octanol–water partition coefficient (Wildman–Crippen LogP) is 10.9. The highest BCUT2D eigenvalue weighted by atomic mass is 35.5. The third-order valence-electron chi connectivity index (χ3n) is 6.94. The second kappa shape index (κ2) is 14.9. The van der Waals surface area contributed by atoms with Gasteiger partial charge in [0, 0.05) is 11.3 Å². The molecule has 0 atom stereocenters. The van der Waals surface area contributed by atoms with Crippen LogP contribution in [-0.4, -0.2) is 32.7 Å². The molecule has 0 aliphatic carbocycles. The summed E-state index contributed by atoms with van der Waals surface area (Å²) in [6, 6.07) is 16.6. The molecular weight excluding hydrogens is 716 g/mol. The summed E-state index contributed by atoms with van der Waals surface area (Å²) in [6.45, 7) is 5.24. The lowest BCUT2D eigenvalue weighted by Gasteiger charge is -2.15. The minimum absolute atomic E-state index is 0.0195. The van der Waals surface area contributed by atoms with E-state index in [1.807, 2.05) is 6.07 Å². The van der Waals surface area contributed by atoms with Gasteiger partial charge in [-0.2, -0.15) is 10.4 Å². The van der Waals surface area contributed by atoms with Gasteiger partial charge in [0.05, 0.1) is 55.6 Å². The van der Waals surface area contributed by atoms with Crippen LogP contribution < -0.4 is 15.4 Å². The molecule has 0 saturated heterocycles. The fraction of sp³-hybridized carbons (Fsp3) is 0.121. The number of ether oxygens (including phenoxy) is 2. The Morgan fingerprint density at radius 2 is 1.69 bits per heavy atom. The largest absolute Gasteiger partial charge is 0.506 e. The number of hydrogen-bond donors (Lipinski definition) is 4. The number of benzene rings is 4. The Morgan fingerprint density at radius 3 is 2.39 bits per heavy atom. The molecule has 0 saturated carbocycles. The smallest absolute Gasteiger partial charge is 0.411 e. The second-order valence-corrected chi connectivity index (χ2v) is 11.9. The third-order valence-corrected chi connectivity index (χ3v) is 8.30. The number of anilines is 3. The number of aryl methyl sites for hydroxylation is 1. The van der Waals surface area contributed by atoms with E-state index in [0.29, 0.717) is 39.7 Å². The topological polar surface area (TPSA) is 166 Å². The number of hydrogen-bond acceptors (Lipinski definition) is 10. The number of carbonyl (C=O) groups excluding carboxylic acids is 1. The molecule has 0 unspecified atom stereocenters. The zero-order chi connectivity index (χ0) is 35.4. The van der Waals surface area contributed by atoms with Gasteiger partial charge in [0.2, 0.25) is 0 Å². The molecule has 1 heterocycles. The molecule has 0 radical (unpaired) electrons. The van der Waals surface area contributed by atoms with Crippen molar-refractivity contribution in [3.05, 3.63) is 97.6 Å². The molecule has 4 N–H and O–H groups in total. The monoisotopic (exact) mass is 739 g/mol. The van der Waals surface area contributed by atoms with Gasteiger partial charge >= 0.3 is 6.09 Å². The number of rotatable bonds is 9. The average molecular weight is 741 g/mol. The molecule has 0 aliphatic heterocycles. The molecule has 250 valence electrons. The molecule has 12 nitrogen and oxygen atoms in total. The van der Waals surface area contributed by atoms with Crippen molar-refractivity contribution in [3.8, 4) is 34.8 Å². The van der Waals surface area contributed by atoms with Gasteiger partial charge in [-0.1, -0.05) is 46.4 Å². The molecule has 16 heteroatoms. The van der Waals surface area contributed by atoms with Gasteiger partial charge in [-0.15, -0.1) is 10.2 Å². The van der Waals surface area contributed by atoms with E-state index in [1.165, 1.54) is 23.0 Å². The minimum atomic E-state index is -0.801. The molecule has 0 aliphatic rings. The molecule has 0 bridgehead atoms. The summed E-state index contributed by atoms with van der Waals surface area (Å²) >= 11 is 25.7. The van der Waals surface area contributed by atoms with Crippen LogP contribution in [0.1, 0.15) is 23.6 Å². The van der Waals surface area contributed by atoms with Gasteiger partial charge in [-0.05, 0) is 80.9 Å². The van der Waals surface area contributed by atoms with Crippen LogP contribution in [0.15, 0.2) is 71.0 Å². The summed E-state index contributed by atoms with van der Waals surface area (Å²) in [5, 5.41) is 48.9. The molecular formula is C33H25Cl4N7O5. The van der Waals surface area contributed by atoms with Crippen molar-refractivity contribution >= 4 is 81.1 Å². The van der Waals surface area contributed by atoms with Crippen LogP contribution in [-0.2, 0) is 4.74 Å². The van der Waals surface area contributed by atoms with Crippen LogP contribution in [0.3, 0.4) is 0 Å². The van der Waals surface area contributed by atoms with Crippen LogP contribution in [0, 0.1) is 25.2 Å². The lowest BCUT2D eigenvalue weighted by Crippen LogP contribution is -2.13. The summed E-state index contributed by atoms with van der Waals surface area (Å²) in [6.07, 6.45) is 0.491. The highest BCUT2D eigenvalue weighted by Crippen LogP contribution is 2.40. The van der Waals surface area contributed by atoms with E-state index in [1.54, 1.807) is 63.2 Å². The lowest BCUT2D eigenvalue weighted by molar-refractivity contribution is 0.168. The van der Waals surface area contributed by atoms with Crippen molar-refractivity contribution in [3.63, 3.8) is 0 Å². The van der Waals surface area contributed by atoms with Gasteiger partial charge in [0.1, 0.15) is 28.9 Å². The van der Waals surface area contributed by atoms with Crippen molar-refractivity contribution in [1.29, 1.82) is 5.26 Å². The number of halogens is 4. The zero-order valence-corrected chi connectivity index (χ0v) is 28.9. The minimum Gasteiger partial charge on any atom is -0.506 e. The van der Waals surface area contributed by atoms with Crippen molar-refractivity contribution in [2.45, 2.75) is 20.8 Å². The Morgan fingerprint density at radius 1 is 0.959 bits per heavy atom. The molecule has 0 spiro atoms. The van der Waals surface area contributed by atoms with E-state index in [4.69, 9.17) is 55.9 Å². The Bertz CT molecular complexity index is 2150. The van der Waals surface area contributed by atoms with Crippen LogP contribution in [0.5, 0.6) is 23.0 Å². The molecule has 4 aromatic carbocycles. The van der Waals surface area contributed by atoms with Gasteiger partial charge in [0.15, 0.2) is 11.6 Å². The number of nitrogens with zero attached hydrogens (tertiary/aromatic N) is 5. The van der Waals surface area contributed by atoms with E-state index in [9.17, 15) is 20.3 Å². The summed E-state index contributed by atoms with van der Waals surface area (Å²) < 4.78 is 12.1. The number of phenolic OH excluding ortho intramolecular Hbond substituents is 2. The van der Waals surface area contributed by atoms with Gasteiger partial charge in [-0.25, -0.2) is 9.48 Å². The predicted molar refractivity (Wildman–Crippen MR) is 189 cm³/mol. The second-order valence-electron chi connectivity index (χ2n) is 10.3. The standard InChI is InChI=1S/C33H25Cl4N7O5/c1-4-48-33(47)41-26-11-20(10-24(36)31(26)46)42-43-32-18(14-38)15-39-44(32)27-13-22(34)25(12-23(27)35)40-19-5-7-21(8-6-19)49-28-9-16(2)30(45)29(37)17(28)3/h5-13,15,40,45-46H,4H2,1-3H3,(H,41,47). The van der Waals surface area contributed by atoms with Crippen LogP contribution >= 0.6 is 46.4 Å². The van der Waals surface area contributed by atoms with E-state index in [-0.39, 0.29) is 61.0 Å². The summed E-state index contributed by atoms with van der Waals surface area (Å²) in [5.74, 6) is 0.725. The normalized spacial score (nSPS) is 11.0. The van der Waals surface area contributed by atoms with Gasteiger partial charge < -0.3 is 25.0 Å². The van der Waals surface area contributed by atoms with Gasteiger partial charge in [0.25, 0.3) is 0 Å². The molecule has 1 amide bonds. The SMILES string of the molecule is CCOC(=O)Nc1cc(N=Nc2c(C#N)cnn2-c2cc(Cl)c(Nc3ccc(Oc4cc(C)c(O)c(Cl)c4C)cc3)cc2Cl)cc(Cl)c1O. The number of aromatic nitrogens is 2. The van der Waals surface area contributed by atoms with E-state index < -0.39 is 6.09 Å². The summed E-state index contributed by atoms with van der Waals surface area (Å²) in [7, 11) is 0. The lowest BCUT2D eigenvalue weighted by atomic mass is 10.1. The zero-order valence-electron chi connectivity index (χ0n) is 25.8. The maximum absolute atomic E-state index is 11.9. The first-order valence-corrected chi connectivity index (χ1v) is 15.8. The number of phenols is 2. The first kappa shape index (κ1) is 35.1. The van der Waals surface area contributed by atoms with Crippen molar-refractivity contribution in [1.82, 2.24) is 9.78 Å². The van der Waals surface area contributed by atoms with Crippen molar-refractivity contribution < 1.29 is 24.5 Å². The molecule has 1 aromatic heterocycles. The number of nitrogens with one attached hydrogen (secondary N) is 2. The van der Waals surface area contributed by atoms with Crippen LogP contribution in [0.2, 0.25) is 20.1 Å². The Balaban J connectivity index is 1.38. The Hall–Kier alpha value is -5.19. The summed E-state index contributed by atoms with van der Waals surface area (Å²) in [5.41, 5.74) is 2.84. The fourth-order valence-corrected chi connectivity index (χ4v) is 5.34. The maximum Gasteiger partial charge on any atom is 0.411 e. The highest BCUT2D eigenvalue weighted by Gasteiger charge is 2.18. The first-order chi connectivity index (χ1) is 23.4. The fourth-order valence-electron chi connectivity index (χ4n) is 4.43. The average Bonchev–Trinajstić information content (AvgIpc) is 3.48. The molecule has 0 fully saturated rings.